The van der Waals surface area contributed by atoms with Gasteiger partial charge in [0.2, 0.25) is 0 Å². The van der Waals surface area contributed by atoms with Gasteiger partial charge in [0.25, 0.3) is 0 Å². The zero-order chi connectivity index (χ0) is 15.9. The second-order valence-electron chi connectivity index (χ2n) is 7.06. The molecule has 22 heavy (non-hydrogen) atoms. The van der Waals surface area contributed by atoms with Crippen molar-refractivity contribution in [2.45, 2.75) is 40.0 Å². The summed E-state index contributed by atoms with van der Waals surface area (Å²) >= 11 is 7.11. The van der Waals surface area contributed by atoms with E-state index >= 15 is 0 Å². The van der Waals surface area contributed by atoms with Gasteiger partial charge in [0.05, 0.1) is 5.56 Å². The Morgan fingerprint density at radius 3 is 2.77 bits per heavy atom. The molecule has 0 saturated carbocycles. The summed E-state index contributed by atoms with van der Waals surface area (Å²) in [6, 6.07) is 6.46. The molecule has 2 heterocycles. The van der Waals surface area contributed by atoms with E-state index in [-0.39, 0.29) is 5.41 Å². The van der Waals surface area contributed by atoms with Gasteiger partial charge in [-0.15, -0.1) is 11.3 Å². The molecule has 0 aliphatic heterocycles. The molecule has 2 nitrogen and oxygen atoms in total. The summed E-state index contributed by atoms with van der Waals surface area (Å²) in [6.07, 6.45) is 3.22. The average molecular weight is 329 g/mol. The standard InChI is InChI=1S/C18H20N2S2/c1-18(2,3)11-6-7-14-12(9-11)16(15-5-4-8-22-15)13(10-19)17(21)20-14/h4-5,8,11H,6-7,9H2,1-3H3,(H,20,21). The molecule has 1 N–H and O–H groups in total. The maximum Gasteiger partial charge on any atom is 0.122 e. The Morgan fingerprint density at radius 1 is 1.41 bits per heavy atom. The minimum Gasteiger partial charge on any atom is -0.349 e. The van der Waals surface area contributed by atoms with Crippen LogP contribution in [0.5, 0.6) is 0 Å². The molecule has 0 aromatic carbocycles. The first-order valence-electron chi connectivity index (χ1n) is 7.64. The highest BCUT2D eigenvalue weighted by molar-refractivity contribution is 7.71. The van der Waals surface area contributed by atoms with E-state index in [4.69, 9.17) is 12.2 Å². The zero-order valence-electron chi connectivity index (χ0n) is 13.2. The molecule has 0 radical (unpaired) electrons. The molecule has 2 aromatic rings. The fourth-order valence-electron chi connectivity index (χ4n) is 3.33. The third-order valence-electron chi connectivity index (χ3n) is 4.70. The Bertz CT molecular complexity index is 786. The van der Waals surface area contributed by atoms with Crippen LogP contribution >= 0.6 is 23.6 Å². The van der Waals surface area contributed by atoms with Crippen LogP contribution in [-0.2, 0) is 12.8 Å². The molecule has 0 spiro atoms. The van der Waals surface area contributed by atoms with Crippen LogP contribution in [0.1, 0.15) is 44.0 Å². The van der Waals surface area contributed by atoms with Crippen LogP contribution in [0.15, 0.2) is 17.5 Å². The van der Waals surface area contributed by atoms with Crippen molar-refractivity contribution in [3.8, 4) is 16.5 Å². The van der Waals surface area contributed by atoms with Gasteiger partial charge in [0, 0.05) is 16.1 Å². The number of hydrogen-bond acceptors (Lipinski definition) is 3. The van der Waals surface area contributed by atoms with Crippen molar-refractivity contribution < 1.29 is 0 Å². The van der Waals surface area contributed by atoms with Crippen molar-refractivity contribution in [2.24, 2.45) is 11.3 Å². The first-order valence-corrected chi connectivity index (χ1v) is 8.92. The number of nitriles is 1. The van der Waals surface area contributed by atoms with Crippen molar-refractivity contribution in [3.05, 3.63) is 39.0 Å². The second-order valence-corrected chi connectivity index (χ2v) is 8.41. The number of aryl methyl sites for hydroxylation is 1. The van der Waals surface area contributed by atoms with E-state index in [2.05, 4.69) is 43.3 Å². The molecular weight excluding hydrogens is 308 g/mol. The number of thiophene rings is 1. The summed E-state index contributed by atoms with van der Waals surface area (Å²) in [5.74, 6) is 0.634. The Balaban J connectivity index is 2.23. The zero-order valence-corrected chi connectivity index (χ0v) is 14.8. The minimum atomic E-state index is 0.282. The van der Waals surface area contributed by atoms with Crippen molar-refractivity contribution in [1.82, 2.24) is 4.98 Å². The number of nitrogens with one attached hydrogen (secondary N) is 1. The maximum absolute atomic E-state index is 9.59. The van der Waals surface area contributed by atoms with E-state index in [1.165, 1.54) is 17.7 Å². The monoisotopic (exact) mass is 328 g/mol. The number of nitrogens with zero attached hydrogens (tertiary/aromatic N) is 1. The normalized spacial score (nSPS) is 17.8. The van der Waals surface area contributed by atoms with E-state index < -0.39 is 0 Å². The summed E-state index contributed by atoms with van der Waals surface area (Å²) in [7, 11) is 0. The van der Waals surface area contributed by atoms with E-state index in [1.54, 1.807) is 11.3 Å². The molecule has 0 fully saturated rings. The van der Waals surface area contributed by atoms with Crippen molar-refractivity contribution in [1.29, 1.82) is 5.26 Å². The Kier molecular flexibility index (Phi) is 3.96. The maximum atomic E-state index is 9.59. The van der Waals surface area contributed by atoms with Gasteiger partial charge in [-0.05, 0) is 47.6 Å². The number of rotatable bonds is 1. The van der Waals surface area contributed by atoms with E-state index in [0.717, 1.165) is 23.3 Å². The fraction of sp³-hybridized carbons (Fsp3) is 0.444. The topological polar surface area (TPSA) is 39.6 Å². The Hall–Kier alpha value is -1.44. The van der Waals surface area contributed by atoms with Gasteiger partial charge >= 0.3 is 0 Å². The molecule has 1 unspecified atom stereocenters. The number of hydrogen-bond donors (Lipinski definition) is 1. The van der Waals surface area contributed by atoms with Gasteiger partial charge in [-0.25, -0.2) is 0 Å². The highest BCUT2D eigenvalue weighted by Gasteiger charge is 2.31. The van der Waals surface area contributed by atoms with E-state index in [1.807, 2.05) is 6.07 Å². The molecule has 114 valence electrons. The molecular formula is C18H20N2S2. The fourth-order valence-corrected chi connectivity index (χ4v) is 4.41. The summed E-state index contributed by atoms with van der Waals surface area (Å²) in [6.45, 7) is 6.93. The Labute approximate surface area is 140 Å². The summed E-state index contributed by atoms with van der Waals surface area (Å²) in [5.41, 5.74) is 4.52. The molecule has 4 heteroatoms. The summed E-state index contributed by atoms with van der Waals surface area (Å²) in [4.78, 5) is 4.47. The predicted octanol–water partition coefficient (Wildman–Crippen LogP) is 5.50. The molecule has 3 rings (SSSR count). The smallest absolute Gasteiger partial charge is 0.122 e. The number of pyridine rings is 1. The largest absolute Gasteiger partial charge is 0.349 e. The van der Waals surface area contributed by atoms with Crippen molar-refractivity contribution in [3.63, 3.8) is 0 Å². The molecule has 1 aliphatic rings. The highest BCUT2D eigenvalue weighted by atomic mass is 32.1. The van der Waals surface area contributed by atoms with Crippen LogP contribution in [0.25, 0.3) is 10.4 Å². The molecule has 1 aliphatic carbocycles. The molecule has 0 bridgehead atoms. The number of H-pyrrole nitrogens is 1. The lowest BCUT2D eigenvalue weighted by Crippen LogP contribution is -2.28. The predicted molar refractivity (Wildman–Crippen MR) is 94.6 cm³/mol. The van der Waals surface area contributed by atoms with Gasteiger partial charge in [-0.3, -0.25) is 0 Å². The van der Waals surface area contributed by atoms with Crippen LogP contribution in [-0.4, -0.2) is 4.98 Å². The number of aromatic nitrogens is 1. The summed E-state index contributed by atoms with van der Waals surface area (Å²) < 4.78 is 0.582. The van der Waals surface area contributed by atoms with Crippen LogP contribution < -0.4 is 0 Å². The lowest BCUT2D eigenvalue weighted by Gasteiger charge is -2.35. The van der Waals surface area contributed by atoms with E-state index in [9.17, 15) is 5.26 Å². The number of fused-ring (bicyclic) bond motifs is 1. The molecule has 0 saturated heterocycles. The van der Waals surface area contributed by atoms with Crippen LogP contribution in [0, 0.1) is 27.3 Å². The first kappa shape index (κ1) is 15.5. The van der Waals surface area contributed by atoms with Crippen molar-refractivity contribution >= 4 is 23.6 Å². The average Bonchev–Trinajstić information content (AvgIpc) is 2.98. The molecule has 2 aromatic heterocycles. The van der Waals surface area contributed by atoms with Crippen LogP contribution in [0.3, 0.4) is 0 Å². The lowest BCUT2D eigenvalue weighted by atomic mass is 9.70. The highest BCUT2D eigenvalue weighted by Crippen LogP contribution is 2.42. The number of aromatic amines is 1. The second kappa shape index (κ2) is 5.64. The third-order valence-corrected chi connectivity index (χ3v) is 5.90. The van der Waals surface area contributed by atoms with Crippen LogP contribution in [0.2, 0.25) is 0 Å². The minimum absolute atomic E-state index is 0.282. The van der Waals surface area contributed by atoms with Gasteiger partial charge in [0.15, 0.2) is 0 Å². The first-order chi connectivity index (χ1) is 10.4. The van der Waals surface area contributed by atoms with Gasteiger partial charge in [-0.2, -0.15) is 5.26 Å². The Morgan fingerprint density at radius 2 is 2.18 bits per heavy atom. The molecule has 1 atom stereocenters. The van der Waals surface area contributed by atoms with E-state index in [0.29, 0.717) is 16.1 Å². The van der Waals surface area contributed by atoms with Gasteiger partial charge in [-0.1, -0.05) is 39.1 Å². The van der Waals surface area contributed by atoms with Crippen LogP contribution in [0.4, 0.5) is 0 Å². The van der Waals surface area contributed by atoms with Gasteiger partial charge < -0.3 is 4.98 Å². The SMILES string of the molecule is CC(C)(C)C1CCc2[nH]c(=S)c(C#N)c(-c3cccs3)c2C1. The molecule has 0 amide bonds. The lowest BCUT2D eigenvalue weighted by molar-refractivity contribution is 0.215. The summed E-state index contributed by atoms with van der Waals surface area (Å²) in [5, 5.41) is 11.7. The third kappa shape index (κ3) is 2.64. The van der Waals surface area contributed by atoms with Crippen molar-refractivity contribution in [2.75, 3.05) is 0 Å². The van der Waals surface area contributed by atoms with Gasteiger partial charge in [0.1, 0.15) is 10.7 Å². The quantitative estimate of drug-likeness (QED) is 0.703.